The van der Waals surface area contributed by atoms with Crippen molar-refractivity contribution < 1.29 is 9.59 Å². The lowest BCUT2D eigenvalue weighted by Crippen LogP contribution is -2.33. The number of thiophene rings is 1. The van der Waals surface area contributed by atoms with E-state index in [1.807, 2.05) is 5.38 Å². The van der Waals surface area contributed by atoms with Crippen LogP contribution in [-0.2, 0) is 11.8 Å². The first kappa shape index (κ1) is 19.4. The van der Waals surface area contributed by atoms with Crippen LogP contribution >= 0.6 is 23.7 Å². The number of carbonyl (C=O) groups is 2. The number of nitrogens with zero attached hydrogens (tertiary/aromatic N) is 3. The summed E-state index contributed by atoms with van der Waals surface area (Å²) in [5.41, 5.74) is 0. The minimum absolute atomic E-state index is 0. The van der Waals surface area contributed by atoms with Gasteiger partial charge in [0.1, 0.15) is 0 Å². The fourth-order valence-corrected chi connectivity index (χ4v) is 3.23. The maximum absolute atomic E-state index is 12.0. The molecule has 1 aliphatic rings. The van der Waals surface area contributed by atoms with Gasteiger partial charge in [0.2, 0.25) is 11.9 Å². The maximum atomic E-state index is 12.0. The van der Waals surface area contributed by atoms with E-state index in [0.29, 0.717) is 16.7 Å². The number of amides is 2. The first-order valence-electron chi connectivity index (χ1n) is 7.86. The molecular weight excluding hydrogens is 364 g/mol. The normalized spacial score (nSPS) is 14.6. The summed E-state index contributed by atoms with van der Waals surface area (Å²) < 4.78 is 1.57. The lowest BCUT2D eigenvalue weighted by atomic mass is 9.98. The summed E-state index contributed by atoms with van der Waals surface area (Å²) in [5, 5.41) is 14.8. The summed E-state index contributed by atoms with van der Waals surface area (Å²) in [7, 11) is 1.75. The van der Waals surface area contributed by atoms with Gasteiger partial charge in [-0.2, -0.15) is 10.1 Å². The van der Waals surface area contributed by atoms with E-state index in [-0.39, 0.29) is 30.8 Å². The number of nitrogens with one attached hydrogen (secondary N) is 3. The summed E-state index contributed by atoms with van der Waals surface area (Å²) in [6.45, 7) is 1.81. The average molecular weight is 385 g/mol. The molecule has 1 fully saturated rings. The van der Waals surface area contributed by atoms with Crippen LogP contribution in [0, 0.1) is 0 Å². The van der Waals surface area contributed by atoms with E-state index >= 15 is 0 Å². The standard InChI is InChI=1S/C15H20N6O2S.ClH/c1-21-15(19-13(20-21)10-4-6-16-7-5-10)18-12(22)9-17-14(23)11-3-2-8-24-11;/h2-3,8,10,16H,4-7,9H2,1H3,(H,17,23)(H,18,19,20,22);1H. The molecule has 10 heteroatoms. The van der Waals surface area contributed by atoms with Crippen molar-refractivity contribution in [1.29, 1.82) is 0 Å². The fraction of sp³-hybridized carbons (Fsp3) is 0.467. The molecule has 1 aliphatic heterocycles. The number of aromatic nitrogens is 3. The van der Waals surface area contributed by atoms with Crippen molar-refractivity contribution in [2.75, 3.05) is 25.0 Å². The van der Waals surface area contributed by atoms with Crippen molar-refractivity contribution in [3.05, 3.63) is 28.2 Å². The molecule has 136 valence electrons. The van der Waals surface area contributed by atoms with Crippen LogP contribution in [0.2, 0.25) is 0 Å². The van der Waals surface area contributed by atoms with Crippen LogP contribution < -0.4 is 16.0 Å². The highest BCUT2D eigenvalue weighted by Gasteiger charge is 2.21. The van der Waals surface area contributed by atoms with Gasteiger partial charge in [0.15, 0.2) is 5.82 Å². The van der Waals surface area contributed by atoms with Crippen LogP contribution in [0.15, 0.2) is 17.5 Å². The minimum Gasteiger partial charge on any atom is -0.342 e. The van der Waals surface area contributed by atoms with Gasteiger partial charge >= 0.3 is 0 Å². The van der Waals surface area contributed by atoms with Gasteiger partial charge in [-0.15, -0.1) is 23.7 Å². The molecule has 0 aliphatic carbocycles. The van der Waals surface area contributed by atoms with Crippen LogP contribution in [-0.4, -0.2) is 46.2 Å². The predicted octanol–water partition coefficient (Wildman–Crippen LogP) is 1.13. The second-order valence-corrected chi connectivity index (χ2v) is 6.60. The highest BCUT2D eigenvalue weighted by Crippen LogP contribution is 2.23. The molecule has 3 rings (SSSR count). The van der Waals surface area contributed by atoms with Crippen molar-refractivity contribution in [2.45, 2.75) is 18.8 Å². The van der Waals surface area contributed by atoms with E-state index in [0.717, 1.165) is 31.8 Å². The highest BCUT2D eigenvalue weighted by molar-refractivity contribution is 7.12. The highest BCUT2D eigenvalue weighted by atomic mass is 35.5. The van der Waals surface area contributed by atoms with Crippen molar-refractivity contribution in [3.63, 3.8) is 0 Å². The van der Waals surface area contributed by atoms with Crippen molar-refractivity contribution in [2.24, 2.45) is 7.05 Å². The number of aryl methyl sites for hydroxylation is 1. The second-order valence-electron chi connectivity index (χ2n) is 5.65. The first-order valence-corrected chi connectivity index (χ1v) is 8.74. The molecular formula is C15H21ClN6O2S. The van der Waals surface area contributed by atoms with Crippen LogP contribution in [0.4, 0.5) is 5.95 Å². The third-order valence-electron chi connectivity index (χ3n) is 3.89. The quantitative estimate of drug-likeness (QED) is 0.717. The molecule has 3 heterocycles. The molecule has 0 saturated carbocycles. The summed E-state index contributed by atoms with van der Waals surface area (Å²) in [4.78, 5) is 28.8. The number of halogens is 1. The van der Waals surface area contributed by atoms with Crippen molar-refractivity contribution in [3.8, 4) is 0 Å². The van der Waals surface area contributed by atoms with Crippen molar-refractivity contribution >= 4 is 41.5 Å². The predicted molar refractivity (Wildman–Crippen MR) is 98.4 cm³/mol. The monoisotopic (exact) mass is 384 g/mol. The fourth-order valence-electron chi connectivity index (χ4n) is 2.59. The van der Waals surface area contributed by atoms with E-state index in [4.69, 9.17) is 0 Å². The molecule has 0 bridgehead atoms. The van der Waals surface area contributed by atoms with Crippen LogP contribution in [0.3, 0.4) is 0 Å². The Labute approximate surface area is 155 Å². The zero-order chi connectivity index (χ0) is 16.9. The van der Waals surface area contributed by atoms with E-state index < -0.39 is 0 Å². The molecule has 0 aromatic carbocycles. The van der Waals surface area contributed by atoms with Gasteiger partial charge in [-0.1, -0.05) is 6.07 Å². The van der Waals surface area contributed by atoms with E-state index in [1.165, 1.54) is 11.3 Å². The number of rotatable bonds is 5. The van der Waals surface area contributed by atoms with Gasteiger partial charge < -0.3 is 10.6 Å². The molecule has 0 atom stereocenters. The Morgan fingerprint density at radius 1 is 1.40 bits per heavy atom. The lowest BCUT2D eigenvalue weighted by Gasteiger charge is -2.19. The van der Waals surface area contributed by atoms with E-state index in [1.54, 1.807) is 23.9 Å². The Balaban J connectivity index is 0.00000225. The lowest BCUT2D eigenvalue weighted by molar-refractivity contribution is -0.115. The van der Waals surface area contributed by atoms with Gasteiger partial charge in [0.25, 0.3) is 5.91 Å². The first-order chi connectivity index (χ1) is 11.6. The molecule has 0 radical (unpaired) electrons. The Bertz CT molecular complexity index is 712. The van der Waals surface area contributed by atoms with E-state index in [2.05, 4.69) is 26.0 Å². The van der Waals surface area contributed by atoms with Gasteiger partial charge in [-0.05, 0) is 37.4 Å². The Morgan fingerprint density at radius 2 is 2.16 bits per heavy atom. The number of hydrogen-bond donors (Lipinski definition) is 3. The van der Waals surface area contributed by atoms with Crippen LogP contribution in [0.1, 0.15) is 34.3 Å². The Morgan fingerprint density at radius 3 is 2.84 bits per heavy atom. The molecule has 2 aromatic heterocycles. The number of hydrogen-bond acceptors (Lipinski definition) is 6. The smallest absolute Gasteiger partial charge is 0.261 e. The van der Waals surface area contributed by atoms with Crippen LogP contribution in [0.5, 0.6) is 0 Å². The summed E-state index contributed by atoms with van der Waals surface area (Å²) >= 11 is 1.33. The van der Waals surface area contributed by atoms with E-state index in [9.17, 15) is 9.59 Å². The molecule has 0 unspecified atom stereocenters. The maximum Gasteiger partial charge on any atom is 0.261 e. The number of piperidine rings is 1. The molecule has 3 N–H and O–H groups in total. The molecule has 2 aromatic rings. The zero-order valence-electron chi connectivity index (χ0n) is 13.8. The molecule has 25 heavy (non-hydrogen) atoms. The van der Waals surface area contributed by atoms with Crippen molar-refractivity contribution in [1.82, 2.24) is 25.4 Å². The minimum atomic E-state index is -0.327. The topological polar surface area (TPSA) is 101 Å². The van der Waals surface area contributed by atoms with Crippen LogP contribution in [0.25, 0.3) is 0 Å². The van der Waals surface area contributed by atoms with Gasteiger partial charge in [0, 0.05) is 13.0 Å². The zero-order valence-corrected chi connectivity index (χ0v) is 15.5. The average Bonchev–Trinajstić information content (AvgIpc) is 3.24. The summed E-state index contributed by atoms with van der Waals surface area (Å²) in [6.07, 6.45) is 1.99. The molecule has 1 saturated heterocycles. The second kappa shape index (κ2) is 8.93. The largest absolute Gasteiger partial charge is 0.342 e. The SMILES string of the molecule is Cl.Cn1nc(C2CCNCC2)nc1NC(=O)CNC(=O)c1cccs1. The third kappa shape index (κ3) is 5.00. The number of anilines is 1. The Hall–Kier alpha value is -1.97. The third-order valence-corrected chi connectivity index (χ3v) is 4.76. The molecule has 8 nitrogen and oxygen atoms in total. The molecule has 0 spiro atoms. The van der Waals surface area contributed by atoms with Gasteiger partial charge in [-0.25, -0.2) is 4.68 Å². The molecule has 2 amide bonds. The number of carbonyl (C=O) groups excluding carboxylic acids is 2. The summed E-state index contributed by atoms with van der Waals surface area (Å²) in [5.74, 6) is 0.901. The van der Waals surface area contributed by atoms with Gasteiger partial charge in [-0.3, -0.25) is 14.9 Å². The summed E-state index contributed by atoms with van der Waals surface area (Å²) in [6, 6.07) is 3.51. The van der Waals surface area contributed by atoms with Gasteiger partial charge in [0.05, 0.1) is 11.4 Å². The Kier molecular flexibility index (Phi) is 6.91.